The van der Waals surface area contributed by atoms with Gasteiger partial charge in [0.25, 0.3) is 0 Å². The van der Waals surface area contributed by atoms with Crippen LogP contribution in [-0.4, -0.2) is 5.91 Å². The molecule has 17 heavy (non-hydrogen) atoms. The van der Waals surface area contributed by atoms with Crippen LogP contribution in [0.25, 0.3) is 0 Å². The molecule has 88 valence electrons. The van der Waals surface area contributed by atoms with Crippen molar-refractivity contribution in [2.75, 3.05) is 5.32 Å². The van der Waals surface area contributed by atoms with Gasteiger partial charge in [0.15, 0.2) is 0 Å². The summed E-state index contributed by atoms with van der Waals surface area (Å²) in [4.78, 5) is 12.0. The van der Waals surface area contributed by atoms with E-state index in [9.17, 15) is 4.79 Å². The number of rotatable bonds is 2. The summed E-state index contributed by atoms with van der Waals surface area (Å²) in [5.74, 6) is 0.0721. The highest BCUT2D eigenvalue weighted by molar-refractivity contribution is 5.93. The third kappa shape index (κ3) is 3.59. The van der Waals surface area contributed by atoms with Crippen LogP contribution in [0.4, 0.5) is 5.69 Å². The van der Waals surface area contributed by atoms with Gasteiger partial charge in [0, 0.05) is 5.69 Å². The van der Waals surface area contributed by atoms with E-state index in [2.05, 4.69) is 23.5 Å². The highest BCUT2D eigenvalue weighted by Crippen LogP contribution is 2.15. The summed E-state index contributed by atoms with van der Waals surface area (Å²) in [7, 11) is 0. The molecule has 1 aromatic rings. The molecule has 0 saturated carbocycles. The van der Waals surface area contributed by atoms with Crippen LogP contribution in [0, 0.1) is 5.92 Å². The van der Waals surface area contributed by atoms with Crippen LogP contribution in [0.3, 0.4) is 0 Å². The summed E-state index contributed by atoms with van der Waals surface area (Å²) in [5.41, 5.74) is 0.864. The molecule has 2 heteroatoms. The van der Waals surface area contributed by atoms with E-state index in [0.717, 1.165) is 24.9 Å². The van der Waals surface area contributed by atoms with Crippen LogP contribution in [0.2, 0.25) is 0 Å². The second-order valence-corrected chi connectivity index (χ2v) is 4.17. The van der Waals surface area contributed by atoms with E-state index in [1.807, 2.05) is 36.4 Å². The van der Waals surface area contributed by atoms with E-state index in [0.29, 0.717) is 0 Å². The molecule has 1 unspecified atom stereocenters. The Morgan fingerprint density at radius 1 is 1.12 bits per heavy atom. The fourth-order valence-corrected chi connectivity index (χ4v) is 1.88. The minimum Gasteiger partial charge on any atom is -0.326 e. The molecule has 1 atom stereocenters. The first-order valence-corrected chi connectivity index (χ1v) is 6.04. The van der Waals surface area contributed by atoms with Crippen molar-refractivity contribution in [3.63, 3.8) is 0 Å². The first kappa shape index (κ1) is 11.6. The summed E-state index contributed by atoms with van der Waals surface area (Å²) in [6.45, 7) is 0. The summed E-state index contributed by atoms with van der Waals surface area (Å²) < 4.78 is 0. The molecule has 0 aliphatic heterocycles. The van der Waals surface area contributed by atoms with E-state index in [1.54, 1.807) is 0 Å². The molecule has 0 saturated heterocycles. The van der Waals surface area contributed by atoms with Crippen molar-refractivity contribution in [3.05, 3.63) is 54.6 Å². The maximum absolute atomic E-state index is 12.0. The normalized spacial score (nSPS) is 23.2. The number of amides is 1. The van der Waals surface area contributed by atoms with Crippen molar-refractivity contribution >= 4 is 11.6 Å². The number of hydrogen-bond donors (Lipinski definition) is 1. The number of anilines is 1. The van der Waals surface area contributed by atoms with Gasteiger partial charge in [-0.1, -0.05) is 42.5 Å². The van der Waals surface area contributed by atoms with Crippen LogP contribution in [0.1, 0.15) is 19.3 Å². The lowest BCUT2D eigenvalue weighted by Gasteiger charge is -2.13. The lowest BCUT2D eigenvalue weighted by molar-refractivity contribution is -0.118. The molecule has 0 fully saturated rings. The number of hydrogen-bond acceptors (Lipinski definition) is 1. The Hall–Kier alpha value is -1.83. The maximum atomic E-state index is 12.0. The van der Waals surface area contributed by atoms with Gasteiger partial charge in [-0.2, -0.15) is 0 Å². The largest absolute Gasteiger partial charge is 0.326 e. The van der Waals surface area contributed by atoms with Crippen LogP contribution < -0.4 is 5.32 Å². The Morgan fingerprint density at radius 2 is 1.94 bits per heavy atom. The zero-order chi connectivity index (χ0) is 11.9. The molecule has 2 nitrogen and oxygen atoms in total. The summed E-state index contributed by atoms with van der Waals surface area (Å²) >= 11 is 0. The number of nitrogens with one attached hydrogen (secondary N) is 1. The maximum Gasteiger partial charge on any atom is 0.231 e. The van der Waals surface area contributed by atoms with Gasteiger partial charge in [0.2, 0.25) is 5.91 Å². The molecule has 1 aliphatic rings. The van der Waals surface area contributed by atoms with Crippen molar-refractivity contribution in [2.24, 2.45) is 5.92 Å². The fraction of sp³-hybridized carbons (Fsp3) is 0.267. The standard InChI is InChI=1S/C15H17NO/c17-15(16-14-11-7-4-8-12-14)13-9-5-2-1-3-6-10-13/h1-2,4,6-8,10-13H,3,5,9H2,(H,16,17)/b2-1-,10-6-. The smallest absolute Gasteiger partial charge is 0.231 e. The van der Waals surface area contributed by atoms with Gasteiger partial charge >= 0.3 is 0 Å². The Kier molecular flexibility index (Phi) is 4.14. The summed E-state index contributed by atoms with van der Waals surface area (Å²) in [6, 6.07) is 9.60. The van der Waals surface area contributed by atoms with Gasteiger partial charge in [-0.3, -0.25) is 4.79 Å². The number of allylic oxidation sites excluding steroid dienone is 3. The molecule has 0 heterocycles. The number of carbonyl (C=O) groups excluding carboxylic acids is 1. The van der Waals surface area contributed by atoms with Gasteiger partial charge in [-0.05, 0) is 31.4 Å². The molecule has 1 aromatic carbocycles. The highest BCUT2D eigenvalue weighted by atomic mass is 16.1. The molecule has 1 aliphatic carbocycles. The summed E-state index contributed by atoms with van der Waals surface area (Å²) in [6.07, 6.45) is 11.1. The minimum absolute atomic E-state index is 0.0137. The minimum atomic E-state index is -0.0137. The van der Waals surface area contributed by atoms with Gasteiger partial charge in [-0.15, -0.1) is 0 Å². The monoisotopic (exact) mass is 227 g/mol. The highest BCUT2D eigenvalue weighted by Gasteiger charge is 2.14. The average Bonchev–Trinajstić information content (AvgIpc) is 2.29. The van der Waals surface area contributed by atoms with Gasteiger partial charge in [-0.25, -0.2) is 0 Å². The lowest BCUT2D eigenvalue weighted by atomic mass is 9.99. The number of para-hydroxylation sites is 1. The predicted molar refractivity (Wildman–Crippen MR) is 70.7 cm³/mol. The quantitative estimate of drug-likeness (QED) is 0.769. The van der Waals surface area contributed by atoms with Crippen molar-refractivity contribution in [1.29, 1.82) is 0 Å². The summed E-state index contributed by atoms with van der Waals surface area (Å²) in [5, 5.41) is 2.95. The Balaban J connectivity index is 1.97. The van der Waals surface area contributed by atoms with E-state index in [1.165, 1.54) is 0 Å². The number of benzene rings is 1. The molecule has 1 amide bonds. The van der Waals surface area contributed by atoms with Crippen molar-refractivity contribution < 1.29 is 4.79 Å². The van der Waals surface area contributed by atoms with Gasteiger partial charge in [0.05, 0.1) is 5.92 Å². The van der Waals surface area contributed by atoms with E-state index in [-0.39, 0.29) is 11.8 Å². The third-order valence-corrected chi connectivity index (χ3v) is 2.83. The zero-order valence-electron chi connectivity index (χ0n) is 9.80. The first-order chi connectivity index (χ1) is 8.36. The topological polar surface area (TPSA) is 29.1 Å². The third-order valence-electron chi connectivity index (χ3n) is 2.83. The first-order valence-electron chi connectivity index (χ1n) is 6.04. The van der Waals surface area contributed by atoms with Gasteiger partial charge in [0.1, 0.15) is 0 Å². The van der Waals surface area contributed by atoms with Crippen molar-refractivity contribution in [3.8, 4) is 0 Å². The van der Waals surface area contributed by atoms with E-state index >= 15 is 0 Å². The van der Waals surface area contributed by atoms with E-state index in [4.69, 9.17) is 0 Å². The van der Waals surface area contributed by atoms with E-state index < -0.39 is 0 Å². The Labute approximate surface area is 102 Å². The molecule has 1 N–H and O–H groups in total. The molecule has 0 bridgehead atoms. The molecule has 0 radical (unpaired) electrons. The van der Waals surface area contributed by atoms with Crippen LogP contribution in [0.5, 0.6) is 0 Å². The van der Waals surface area contributed by atoms with Crippen molar-refractivity contribution in [1.82, 2.24) is 0 Å². The van der Waals surface area contributed by atoms with Crippen molar-refractivity contribution in [2.45, 2.75) is 19.3 Å². The lowest BCUT2D eigenvalue weighted by Crippen LogP contribution is -2.21. The van der Waals surface area contributed by atoms with Crippen LogP contribution >= 0.6 is 0 Å². The molecule has 0 aromatic heterocycles. The second kappa shape index (κ2) is 6.04. The molecular formula is C15H17NO. The fourth-order valence-electron chi connectivity index (χ4n) is 1.88. The Morgan fingerprint density at radius 3 is 2.76 bits per heavy atom. The Bertz CT molecular complexity index is 420. The average molecular weight is 227 g/mol. The second-order valence-electron chi connectivity index (χ2n) is 4.17. The van der Waals surface area contributed by atoms with Crippen LogP contribution in [0.15, 0.2) is 54.6 Å². The SMILES string of the molecule is O=C(Nc1ccccc1)C1/C=C\C/C=C\CC1. The van der Waals surface area contributed by atoms with Gasteiger partial charge < -0.3 is 5.32 Å². The zero-order valence-corrected chi connectivity index (χ0v) is 9.80. The molecule has 2 rings (SSSR count). The van der Waals surface area contributed by atoms with Crippen LogP contribution in [-0.2, 0) is 4.79 Å². The molecular weight excluding hydrogens is 210 g/mol. The predicted octanol–water partition coefficient (Wildman–Crippen LogP) is 3.54. The molecule has 0 spiro atoms. The number of carbonyl (C=O) groups is 1.